The van der Waals surface area contributed by atoms with Crippen LogP contribution in [-0.2, 0) is 7.05 Å². The highest BCUT2D eigenvalue weighted by Crippen LogP contribution is 2.38. The van der Waals surface area contributed by atoms with Crippen LogP contribution >= 0.6 is 0 Å². The van der Waals surface area contributed by atoms with Gasteiger partial charge in [-0.05, 0) is 55.8 Å². The number of aromatic nitrogens is 2. The first-order valence-electron chi connectivity index (χ1n) is 12.3. The quantitative estimate of drug-likeness (QED) is 0.331. The van der Waals surface area contributed by atoms with Crippen LogP contribution in [0.2, 0.25) is 0 Å². The molecule has 0 bridgehead atoms. The molecule has 38 heavy (non-hydrogen) atoms. The zero-order valence-electron chi connectivity index (χ0n) is 21.2. The summed E-state index contributed by atoms with van der Waals surface area (Å²) in [5, 5.41) is 0. The average molecular weight is 518 g/mol. The first-order valence-corrected chi connectivity index (χ1v) is 12.3. The van der Waals surface area contributed by atoms with E-state index in [2.05, 4.69) is 14.7 Å². The highest BCUT2D eigenvalue weighted by molar-refractivity contribution is 5.89. The fourth-order valence-electron chi connectivity index (χ4n) is 5.37. The van der Waals surface area contributed by atoms with Gasteiger partial charge in [0, 0.05) is 43.9 Å². The van der Waals surface area contributed by atoms with Crippen molar-refractivity contribution < 1.29 is 13.2 Å². The topological polar surface area (TPSA) is 45.7 Å². The summed E-state index contributed by atoms with van der Waals surface area (Å²) in [5.41, 5.74) is 2.05. The molecule has 2 aromatic heterocycles. The van der Waals surface area contributed by atoms with Crippen LogP contribution in [0.4, 0.5) is 24.7 Å². The molecule has 1 unspecified atom stereocenters. The maximum absolute atomic E-state index is 15.1. The largest absolute Gasteiger partial charge is 0.362 e. The summed E-state index contributed by atoms with van der Waals surface area (Å²) in [5.74, 6) is -1.55. The van der Waals surface area contributed by atoms with Crippen LogP contribution in [0.3, 0.4) is 0 Å². The molecule has 3 heterocycles. The molecule has 5 rings (SSSR count). The molecule has 0 saturated carbocycles. The van der Waals surface area contributed by atoms with E-state index in [0.29, 0.717) is 35.4 Å². The van der Waals surface area contributed by atoms with E-state index >= 15 is 8.78 Å². The molecule has 2 aromatic carbocycles. The molecule has 0 aliphatic carbocycles. The number of nitrogens with zero attached hydrogens (tertiary/aromatic N) is 5. The number of halogens is 3. The van der Waals surface area contributed by atoms with Gasteiger partial charge in [0.2, 0.25) is 5.52 Å². The van der Waals surface area contributed by atoms with Crippen molar-refractivity contribution in [1.29, 1.82) is 0 Å². The average Bonchev–Trinajstić information content (AvgIpc) is 2.90. The Hall–Kier alpha value is -4.16. The molecule has 3 atom stereocenters. The number of fused-ring (bicyclic) bond motifs is 1. The van der Waals surface area contributed by atoms with Gasteiger partial charge in [0.15, 0.2) is 0 Å². The maximum atomic E-state index is 15.1. The summed E-state index contributed by atoms with van der Waals surface area (Å²) in [6.07, 6.45) is 0. The first-order chi connectivity index (χ1) is 18.2. The molecular weight excluding hydrogens is 491 g/mol. The summed E-state index contributed by atoms with van der Waals surface area (Å²) in [6, 6.07) is 13.1. The van der Waals surface area contributed by atoms with E-state index in [1.807, 2.05) is 18.7 Å². The van der Waals surface area contributed by atoms with E-state index in [1.54, 1.807) is 31.3 Å². The van der Waals surface area contributed by atoms with Gasteiger partial charge in [-0.25, -0.2) is 13.2 Å². The highest BCUT2D eigenvalue weighted by Gasteiger charge is 2.38. The molecule has 1 aliphatic heterocycles. The smallest absolute Gasteiger partial charge is 0.270 e. The van der Waals surface area contributed by atoms with Crippen molar-refractivity contribution >= 4 is 22.5 Å². The fraction of sp³-hybridized carbons (Fsp3) is 0.276. The second-order valence-electron chi connectivity index (χ2n) is 9.71. The first kappa shape index (κ1) is 25.5. The summed E-state index contributed by atoms with van der Waals surface area (Å²) < 4.78 is 45.4. The van der Waals surface area contributed by atoms with Crippen LogP contribution in [0.25, 0.3) is 15.9 Å². The molecule has 9 heteroatoms. The van der Waals surface area contributed by atoms with Crippen molar-refractivity contribution in [2.75, 3.05) is 18.0 Å². The van der Waals surface area contributed by atoms with Gasteiger partial charge in [-0.15, -0.1) is 4.98 Å². The minimum atomic E-state index is -0.788. The normalized spacial score (nSPS) is 18.9. The van der Waals surface area contributed by atoms with Gasteiger partial charge in [0.25, 0.3) is 11.4 Å². The molecular formula is C29H26F3N5O. The van der Waals surface area contributed by atoms with E-state index < -0.39 is 23.5 Å². The van der Waals surface area contributed by atoms with Crippen LogP contribution in [-0.4, -0.2) is 39.6 Å². The van der Waals surface area contributed by atoms with E-state index in [9.17, 15) is 9.18 Å². The van der Waals surface area contributed by atoms with E-state index in [-0.39, 0.29) is 29.0 Å². The molecule has 0 radical (unpaired) electrons. The van der Waals surface area contributed by atoms with Crippen molar-refractivity contribution in [2.24, 2.45) is 7.05 Å². The van der Waals surface area contributed by atoms with Crippen LogP contribution in [0, 0.1) is 24.0 Å². The summed E-state index contributed by atoms with van der Waals surface area (Å²) in [6.45, 7) is 12.1. The molecule has 4 aromatic rings. The number of hydrogen-bond acceptors (Lipinski definition) is 4. The van der Waals surface area contributed by atoms with Crippen LogP contribution in [0.5, 0.6) is 0 Å². The van der Waals surface area contributed by atoms with Crippen molar-refractivity contribution in [3.8, 4) is 0 Å². The summed E-state index contributed by atoms with van der Waals surface area (Å²) in [4.78, 5) is 24.8. The summed E-state index contributed by atoms with van der Waals surface area (Å²) >= 11 is 0. The predicted octanol–water partition coefficient (Wildman–Crippen LogP) is 5.59. The van der Waals surface area contributed by atoms with Gasteiger partial charge in [-0.3, -0.25) is 9.69 Å². The number of piperazine rings is 1. The van der Waals surface area contributed by atoms with Crippen molar-refractivity contribution in [3.05, 3.63) is 111 Å². The third kappa shape index (κ3) is 4.41. The Morgan fingerprint density at radius 2 is 1.66 bits per heavy atom. The number of aryl methyl sites for hydroxylation is 1. The van der Waals surface area contributed by atoms with E-state index in [0.717, 1.165) is 0 Å². The zero-order chi connectivity index (χ0) is 27.1. The molecule has 194 valence electrons. The number of anilines is 1. The van der Waals surface area contributed by atoms with Crippen LogP contribution < -0.4 is 10.5 Å². The number of pyridine rings is 2. The Bertz CT molecular complexity index is 1590. The van der Waals surface area contributed by atoms with E-state index in [1.165, 1.54) is 41.0 Å². The Morgan fingerprint density at radius 1 is 0.974 bits per heavy atom. The predicted molar refractivity (Wildman–Crippen MR) is 141 cm³/mol. The second kappa shape index (κ2) is 9.95. The van der Waals surface area contributed by atoms with Gasteiger partial charge >= 0.3 is 0 Å². The van der Waals surface area contributed by atoms with Crippen molar-refractivity contribution in [1.82, 2.24) is 14.5 Å². The standard InChI is InChI=1S/C29H26F3N5O/c1-17-16-37(29(19-8-10-20(30)11-9-19)27-21(31)6-5-7-22(27)32)18(2)15-36(17)24-14-26(38)35(4)23-12-13-25(33-3)34-28(23)24/h5-14,17-18,29H,15-16H2,1-2,4H3/t17-,18+,29?/m0/s1. The second-order valence-corrected chi connectivity index (χ2v) is 9.71. The van der Waals surface area contributed by atoms with E-state index in [4.69, 9.17) is 6.57 Å². The third-order valence-electron chi connectivity index (χ3n) is 7.30. The fourth-order valence-corrected chi connectivity index (χ4v) is 5.37. The lowest BCUT2D eigenvalue weighted by molar-refractivity contribution is 0.125. The maximum Gasteiger partial charge on any atom is 0.270 e. The Morgan fingerprint density at radius 3 is 2.32 bits per heavy atom. The molecule has 0 amide bonds. The Kier molecular flexibility index (Phi) is 6.67. The number of benzene rings is 2. The van der Waals surface area contributed by atoms with Gasteiger partial charge < -0.3 is 14.3 Å². The summed E-state index contributed by atoms with van der Waals surface area (Å²) in [7, 11) is 1.66. The zero-order valence-corrected chi connectivity index (χ0v) is 21.2. The van der Waals surface area contributed by atoms with Gasteiger partial charge in [0.05, 0.1) is 17.2 Å². The number of hydrogen-bond donors (Lipinski definition) is 0. The monoisotopic (exact) mass is 517 g/mol. The molecule has 1 aliphatic rings. The Labute approximate surface area is 218 Å². The minimum Gasteiger partial charge on any atom is -0.362 e. The molecule has 0 spiro atoms. The van der Waals surface area contributed by atoms with Crippen LogP contribution in [0.1, 0.15) is 31.0 Å². The third-order valence-corrected chi connectivity index (χ3v) is 7.30. The van der Waals surface area contributed by atoms with Crippen molar-refractivity contribution in [3.63, 3.8) is 0 Å². The molecule has 1 fully saturated rings. The molecule has 6 nitrogen and oxygen atoms in total. The highest BCUT2D eigenvalue weighted by atomic mass is 19.1. The molecule has 0 N–H and O–H groups in total. The van der Waals surface area contributed by atoms with Crippen LogP contribution in [0.15, 0.2) is 65.5 Å². The van der Waals surface area contributed by atoms with Crippen molar-refractivity contribution in [2.45, 2.75) is 32.0 Å². The van der Waals surface area contributed by atoms with Gasteiger partial charge in [-0.1, -0.05) is 24.8 Å². The lowest BCUT2D eigenvalue weighted by Gasteiger charge is -2.48. The SMILES string of the molecule is [C-]#[N+]c1ccc2c(n1)c(N1C[C@@H](C)N(C(c3ccc(F)cc3)c3c(F)cccc3F)C[C@@H]1C)cc(=O)n2C. The van der Waals surface area contributed by atoms with Gasteiger partial charge in [-0.2, -0.15) is 0 Å². The van der Waals surface area contributed by atoms with Gasteiger partial charge in [0.1, 0.15) is 17.5 Å². The lowest BCUT2D eigenvalue weighted by atomic mass is 9.92. The molecule has 1 saturated heterocycles. The lowest BCUT2D eigenvalue weighted by Crippen LogP contribution is -2.58. The minimum absolute atomic E-state index is 0.0889. The number of rotatable bonds is 4. The Balaban J connectivity index is 1.59.